The summed E-state index contributed by atoms with van der Waals surface area (Å²) >= 11 is 0. The minimum Gasteiger partial charge on any atom is -0.391 e. The van der Waals surface area contributed by atoms with Crippen LogP contribution in [0.5, 0.6) is 0 Å². The molecule has 7 heteroatoms. The van der Waals surface area contributed by atoms with Crippen LogP contribution in [0.25, 0.3) is 0 Å². The molecule has 25 heavy (non-hydrogen) atoms. The maximum atomic E-state index is 13.3. The Kier molecular flexibility index (Phi) is 6.46. The van der Waals surface area contributed by atoms with Crippen molar-refractivity contribution in [1.29, 1.82) is 0 Å². The monoisotopic (exact) mass is 358 g/mol. The highest BCUT2D eigenvalue weighted by molar-refractivity contribution is 5.77. The molecule has 0 spiro atoms. The lowest BCUT2D eigenvalue weighted by atomic mass is 9.75. The summed E-state index contributed by atoms with van der Waals surface area (Å²) in [4.78, 5) is 11.8. The van der Waals surface area contributed by atoms with E-state index in [1.165, 1.54) is 12.1 Å². The number of rotatable bonds is 7. The number of aliphatic hydroxyl groups is 1. The number of alkyl halides is 2. The van der Waals surface area contributed by atoms with E-state index in [1.807, 2.05) is 0 Å². The van der Waals surface area contributed by atoms with Crippen LogP contribution in [0, 0.1) is 17.7 Å². The van der Waals surface area contributed by atoms with Gasteiger partial charge in [0.1, 0.15) is 5.82 Å². The molecular formula is C18H25F3N2O2. The van der Waals surface area contributed by atoms with Gasteiger partial charge in [-0.15, -0.1) is 0 Å². The molecule has 140 valence electrons. The predicted octanol–water partition coefficient (Wildman–Crippen LogP) is 2.37. The molecule has 0 bridgehead atoms. The number of nitrogens with two attached hydrogens (primary N) is 2. The normalized spacial score (nSPS) is 21.5. The Morgan fingerprint density at radius 2 is 1.96 bits per heavy atom. The van der Waals surface area contributed by atoms with E-state index < -0.39 is 35.7 Å². The Morgan fingerprint density at radius 1 is 1.32 bits per heavy atom. The zero-order chi connectivity index (χ0) is 18.6. The van der Waals surface area contributed by atoms with Crippen molar-refractivity contribution in [3.63, 3.8) is 0 Å². The van der Waals surface area contributed by atoms with Crippen molar-refractivity contribution in [2.24, 2.45) is 23.3 Å². The maximum Gasteiger partial charge on any atom is 0.248 e. The lowest BCUT2D eigenvalue weighted by Gasteiger charge is -2.34. The van der Waals surface area contributed by atoms with Crippen molar-refractivity contribution in [3.05, 3.63) is 35.6 Å². The number of aliphatic hydroxyl groups excluding tert-OH is 1. The predicted molar refractivity (Wildman–Crippen MR) is 88.3 cm³/mol. The number of benzene rings is 1. The van der Waals surface area contributed by atoms with Gasteiger partial charge in [0.25, 0.3) is 0 Å². The van der Waals surface area contributed by atoms with Gasteiger partial charge in [0.05, 0.1) is 6.10 Å². The van der Waals surface area contributed by atoms with Crippen LogP contribution in [-0.2, 0) is 11.2 Å². The third kappa shape index (κ3) is 5.71. The van der Waals surface area contributed by atoms with Crippen molar-refractivity contribution >= 4 is 5.91 Å². The van der Waals surface area contributed by atoms with Crippen LogP contribution in [0.3, 0.4) is 0 Å². The fourth-order valence-electron chi connectivity index (χ4n) is 3.51. The molecular weight excluding hydrogens is 333 g/mol. The van der Waals surface area contributed by atoms with Gasteiger partial charge in [0.15, 0.2) is 0 Å². The van der Waals surface area contributed by atoms with Gasteiger partial charge >= 0.3 is 0 Å². The lowest BCUT2D eigenvalue weighted by molar-refractivity contribution is -0.127. The molecule has 0 radical (unpaired) electrons. The van der Waals surface area contributed by atoms with Gasteiger partial charge < -0.3 is 16.6 Å². The SMILES string of the molecule is NC(=O)C(CC(O)C(N)Cc1cccc(F)c1)C1CCC(F)(F)CC1. The average Bonchev–Trinajstić information content (AvgIpc) is 2.52. The molecule has 1 fully saturated rings. The van der Waals surface area contributed by atoms with E-state index in [-0.39, 0.29) is 44.4 Å². The Hall–Kier alpha value is -1.60. The molecule has 5 N–H and O–H groups in total. The van der Waals surface area contributed by atoms with E-state index in [2.05, 4.69) is 0 Å². The van der Waals surface area contributed by atoms with E-state index in [1.54, 1.807) is 12.1 Å². The molecule has 0 aliphatic heterocycles. The summed E-state index contributed by atoms with van der Waals surface area (Å²) in [5.74, 6) is -4.65. The van der Waals surface area contributed by atoms with E-state index in [9.17, 15) is 23.1 Å². The molecule has 1 aromatic carbocycles. The lowest BCUT2D eigenvalue weighted by Crippen LogP contribution is -2.43. The number of hydrogen-bond acceptors (Lipinski definition) is 3. The van der Waals surface area contributed by atoms with Crippen LogP contribution in [0.2, 0.25) is 0 Å². The quantitative estimate of drug-likeness (QED) is 0.699. The van der Waals surface area contributed by atoms with E-state index in [0.717, 1.165) is 0 Å². The Morgan fingerprint density at radius 3 is 2.52 bits per heavy atom. The smallest absolute Gasteiger partial charge is 0.248 e. The maximum absolute atomic E-state index is 13.3. The van der Waals surface area contributed by atoms with E-state index in [0.29, 0.717) is 5.56 Å². The topological polar surface area (TPSA) is 89.3 Å². The molecule has 0 aromatic heterocycles. The Bertz CT molecular complexity index is 587. The van der Waals surface area contributed by atoms with E-state index in [4.69, 9.17) is 11.5 Å². The molecule has 1 aliphatic carbocycles. The Balaban J connectivity index is 1.95. The second-order valence-electron chi connectivity index (χ2n) is 7.00. The van der Waals surface area contributed by atoms with E-state index >= 15 is 0 Å². The summed E-state index contributed by atoms with van der Waals surface area (Å²) in [5.41, 5.74) is 12.0. The molecule has 3 unspecified atom stereocenters. The Labute approximate surface area is 145 Å². The van der Waals surface area contributed by atoms with Crippen LogP contribution >= 0.6 is 0 Å². The highest BCUT2D eigenvalue weighted by Crippen LogP contribution is 2.40. The molecule has 0 saturated heterocycles. The van der Waals surface area contributed by atoms with Crippen LogP contribution in [-0.4, -0.2) is 29.1 Å². The van der Waals surface area contributed by atoms with Gasteiger partial charge in [-0.25, -0.2) is 13.2 Å². The average molecular weight is 358 g/mol. The van der Waals surface area contributed by atoms with Gasteiger partial charge in [-0.1, -0.05) is 12.1 Å². The summed E-state index contributed by atoms with van der Waals surface area (Å²) in [6.07, 6.45) is -0.892. The van der Waals surface area contributed by atoms with Crippen molar-refractivity contribution in [1.82, 2.24) is 0 Å². The standard InChI is InChI=1S/C18H25F3N2O2/c19-13-3-1-2-11(8-13)9-15(22)16(24)10-14(17(23)25)12-4-6-18(20,21)7-5-12/h1-3,8,12,14-16,24H,4-7,9-10,22H2,(H2,23,25). The summed E-state index contributed by atoms with van der Waals surface area (Å²) in [6.45, 7) is 0. The highest BCUT2D eigenvalue weighted by atomic mass is 19.3. The first kappa shape index (κ1) is 19.7. The summed E-state index contributed by atoms with van der Waals surface area (Å²) < 4.78 is 39.8. The van der Waals surface area contributed by atoms with Crippen molar-refractivity contribution in [2.75, 3.05) is 0 Å². The zero-order valence-corrected chi connectivity index (χ0v) is 14.0. The second-order valence-corrected chi connectivity index (χ2v) is 7.00. The minimum absolute atomic E-state index is 0.0298. The number of hydrogen-bond donors (Lipinski definition) is 3. The third-order valence-corrected chi connectivity index (χ3v) is 5.05. The van der Waals surface area contributed by atoms with Crippen LogP contribution in [0.15, 0.2) is 24.3 Å². The second kappa shape index (κ2) is 8.19. The number of halogens is 3. The fraction of sp³-hybridized carbons (Fsp3) is 0.611. The van der Waals surface area contributed by atoms with Crippen molar-refractivity contribution in [3.8, 4) is 0 Å². The van der Waals surface area contributed by atoms with Crippen molar-refractivity contribution in [2.45, 2.75) is 56.6 Å². The van der Waals surface area contributed by atoms with Crippen LogP contribution in [0.4, 0.5) is 13.2 Å². The molecule has 3 atom stereocenters. The first-order valence-corrected chi connectivity index (χ1v) is 8.53. The minimum atomic E-state index is -2.69. The third-order valence-electron chi connectivity index (χ3n) is 5.05. The zero-order valence-electron chi connectivity index (χ0n) is 14.0. The van der Waals surface area contributed by atoms with Gasteiger partial charge in [-0.3, -0.25) is 4.79 Å². The number of carbonyl (C=O) groups excluding carboxylic acids is 1. The number of carbonyl (C=O) groups is 1. The van der Waals surface area contributed by atoms with Crippen molar-refractivity contribution < 1.29 is 23.1 Å². The molecule has 1 aliphatic rings. The molecule has 1 saturated carbocycles. The molecule has 0 heterocycles. The summed E-state index contributed by atoms with van der Waals surface area (Å²) in [6, 6.07) is 5.20. The largest absolute Gasteiger partial charge is 0.391 e. The van der Waals surface area contributed by atoms with Crippen LogP contribution in [0.1, 0.15) is 37.7 Å². The fourth-order valence-corrected chi connectivity index (χ4v) is 3.51. The van der Waals surface area contributed by atoms with Crippen LogP contribution < -0.4 is 11.5 Å². The molecule has 4 nitrogen and oxygen atoms in total. The number of primary amides is 1. The molecule has 1 aromatic rings. The summed E-state index contributed by atoms with van der Waals surface area (Å²) in [5, 5.41) is 10.3. The first-order chi connectivity index (χ1) is 11.7. The number of amides is 1. The van der Waals surface area contributed by atoms with Gasteiger partial charge in [-0.05, 0) is 49.3 Å². The molecule has 2 rings (SSSR count). The summed E-state index contributed by atoms with van der Waals surface area (Å²) in [7, 11) is 0. The first-order valence-electron chi connectivity index (χ1n) is 8.53. The van der Waals surface area contributed by atoms with Gasteiger partial charge in [0, 0.05) is 24.8 Å². The van der Waals surface area contributed by atoms with Gasteiger partial charge in [0.2, 0.25) is 11.8 Å². The highest BCUT2D eigenvalue weighted by Gasteiger charge is 2.40. The van der Waals surface area contributed by atoms with Gasteiger partial charge in [-0.2, -0.15) is 0 Å². The molecule has 1 amide bonds.